The number of carbonyl (C=O) groups is 3. The first-order chi connectivity index (χ1) is 9.79. The van der Waals surface area contributed by atoms with Gasteiger partial charge in [0.15, 0.2) is 11.6 Å². The minimum atomic E-state index is -0.824. The number of aliphatic carboxylic acids is 1. The zero-order valence-electron chi connectivity index (χ0n) is 12.6. The normalized spacial score (nSPS) is 42.9. The molecule has 2 saturated carbocycles. The van der Waals surface area contributed by atoms with E-state index in [9.17, 15) is 19.5 Å². The number of hydrogen-bond donors (Lipinski definition) is 1. The van der Waals surface area contributed by atoms with Crippen LogP contribution in [0.15, 0.2) is 11.6 Å². The van der Waals surface area contributed by atoms with E-state index in [-0.39, 0.29) is 35.2 Å². The van der Waals surface area contributed by atoms with E-state index in [1.54, 1.807) is 6.92 Å². The second-order valence-electron chi connectivity index (χ2n) is 7.42. The quantitative estimate of drug-likeness (QED) is 0.806. The van der Waals surface area contributed by atoms with Gasteiger partial charge < -0.3 is 5.11 Å². The fourth-order valence-corrected chi connectivity index (χ4v) is 5.10. The molecule has 0 aromatic heterocycles. The molecule has 0 aromatic rings. The SMILES string of the molecule is C[C@]12CCC[C@@](C)(C(=O)O)[C@@H]1CC(=O)C1=CC(=O)CC[C@@H]12. The van der Waals surface area contributed by atoms with Crippen LogP contribution in [-0.4, -0.2) is 22.6 Å². The minimum Gasteiger partial charge on any atom is -0.481 e. The van der Waals surface area contributed by atoms with Gasteiger partial charge in [0.25, 0.3) is 0 Å². The molecule has 0 aromatic carbocycles. The van der Waals surface area contributed by atoms with Gasteiger partial charge in [0.2, 0.25) is 0 Å². The van der Waals surface area contributed by atoms with Gasteiger partial charge in [-0.3, -0.25) is 14.4 Å². The number of Topliss-reactive ketones (excluding diaryl/α,β-unsaturated/α-hetero) is 1. The second kappa shape index (κ2) is 4.52. The molecule has 3 aliphatic carbocycles. The Morgan fingerprint density at radius 3 is 2.67 bits per heavy atom. The van der Waals surface area contributed by atoms with Crippen molar-refractivity contribution in [3.8, 4) is 0 Å². The number of hydrogen-bond acceptors (Lipinski definition) is 3. The lowest BCUT2D eigenvalue weighted by Gasteiger charge is -2.57. The van der Waals surface area contributed by atoms with Crippen molar-refractivity contribution in [1.29, 1.82) is 0 Å². The molecule has 0 amide bonds. The Morgan fingerprint density at radius 2 is 2.00 bits per heavy atom. The van der Waals surface area contributed by atoms with Gasteiger partial charge in [0.1, 0.15) is 0 Å². The van der Waals surface area contributed by atoms with Crippen molar-refractivity contribution >= 4 is 17.5 Å². The van der Waals surface area contributed by atoms with E-state index >= 15 is 0 Å². The number of carbonyl (C=O) groups excluding carboxylic acids is 2. The minimum absolute atomic E-state index is 0.00935. The lowest BCUT2D eigenvalue weighted by Crippen LogP contribution is -2.55. The Kier molecular flexibility index (Phi) is 3.12. The fourth-order valence-electron chi connectivity index (χ4n) is 5.10. The third-order valence-electron chi connectivity index (χ3n) is 6.34. The molecule has 3 rings (SSSR count). The Morgan fingerprint density at radius 1 is 1.29 bits per heavy atom. The lowest BCUT2D eigenvalue weighted by atomic mass is 9.45. The predicted octanol–water partition coefficient (Wildman–Crippen LogP) is 2.76. The van der Waals surface area contributed by atoms with Crippen molar-refractivity contribution in [1.82, 2.24) is 0 Å². The van der Waals surface area contributed by atoms with Gasteiger partial charge in [-0.1, -0.05) is 13.3 Å². The Hall–Kier alpha value is -1.45. The molecule has 0 aliphatic heterocycles. The van der Waals surface area contributed by atoms with Gasteiger partial charge in [-0.25, -0.2) is 0 Å². The maximum absolute atomic E-state index is 12.5. The van der Waals surface area contributed by atoms with Crippen LogP contribution >= 0.6 is 0 Å². The summed E-state index contributed by atoms with van der Waals surface area (Å²) >= 11 is 0. The van der Waals surface area contributed by atoms with E-state index in [0.717, 1.165) is 12.8 Å². The first-order valence-electron chi connectivity index (χ1n) is 7.80. The lowest BCUT2D eigenvalue weighted by molar-refractivity contribution is -0.166. The van der Waals surface area contributed by atoms with Gasteiger partial charge >= 0.3 is 5.97 Å². The van der Waals surface area contributed by atoms with Crippen LogP contribution in [0.5, 0.6) is 0 Å². The van der Waals surface area contributed by atoms with Crippen molar-refractivity contribution in [2.75, 3.05) is 0 Å². The van der Waals surface area contributed by atoms with Crippen molar-refractivity contribution < 1.29 is 19.5 Å². The van der Waals surface area contributed by atoms with E-state index in [4.69, 9.17) is 0 Å². The molecule has 4 atom stereocenters. The largest absolute Gasteiger partial charge is 0.481 e. The first kappa shape index (κ1) is 14.5. The van der Waals surface area contributed by atoms with Crippen LogP contribution in [0.3, 0.4) is 0 Å². The highest BCUT2D eigenvalue weighted by atomic mass is 16.4. The highest BCUT2D eigenvalue weighted by Crippen LogP contribution is 2.61. The summed E-state index contributed by atoms with van der Waals surface area (Å²) in [5.41, 5.74) is -0.332. The van der Waals surface area contributed by atoms with Crippen LogP contribution in [0.4, 0.5) is 0 Å². The highest BCUT2D eigenvalue weighted by Gasteiger charge is 2.60. The third kappa shape index (κ3) is 1.91. The molecule has 4 heteroatoms. The Bertz CT molecular complexity index is 561. The van der Waals surface area contributed by atoms with Crippen LogP contribution in [-0.2, 0) is 14.4 Å². The monoisotopic (exact) mass is 290 g/mol. The fraction of sp³-hybridized carbons (Fsp3) is 0.706. The van der Waals surface area contributed by atoms with E-state index in [1.165, 1.54) is 6.08 Å². The average molecular weight is 290 g/mol. The summed E-state index contributed by atoms with van der Waals surface area (Å²) in [5, 5.41) is 9.70. The molecule has 0 radical (unpaired) electrons. The highest BCUT2D eigenvalue weighted by molar-refractivity contribution is 6.05. The van der Waals surface area contributed by atoms with Crippen LogP contribution < -0.4 is 0 Å². The summed E-state index contributed by atoms with van der Waals surface area (Å²) in [4.78, 5) is 35.9. The molecule has 3 aliphatic rings. The number of carboxylic acid groups (broad SMARTS) is 1. The molecular weight excluding hydrogens is 268 g/mol. The topological polar surface area (TPSA) is 71.4 Å². The van der Waals surface area contributed by atoms with Crippen LogP contribution in [0, 0.1) is 22.7 Å². The van der Waals surface area contributed by atoms with Gasteiger partial charge in [0.05, 0.1) is 5.41 Å². The smallest absolute Gasteiger partial charge is 0.309 e. The standard InChI is InChI=1S/C17H22O4/c1-16-6-3-7-17(2,15(20)21)14(16)9-13(19)11-8-10(18)4-5-12(11)16/h8,12,14H,3-7,9H2,1-2H3,(H,20,21)/t12-,14+,16+,17+/m0/s1. The molecule has 0 saturated heterocycles. The summed E-state index contributed by atoms with van der Waals surface area (Å²) < 4.78 is 0. The summed E-state index contributed by atoms with van der Waals surface area (Å²) in [6.45, 7) is 3.94. The summed E-state index contributed by atoms with van der Waals surface area (Å²) in [6.07, 6.45) is 5.44. The number of allylic oxidation sites excluding steroid dienone is 2. The zero-order chi connectivity index (χ0) is 15.4. The number of fused-ring (bicyclic) bond motifs is 3. The predicted molar refractivity (Wildman–Crippen MR) is 76.6 cm³/mol. The van der Waals surface area contributed by atoms with Gasteiger partial charge in [-0.05, 0) is 49.5 Å². The molecule has 2 fully saturated rings. The van der Waals surface area contributed by atoms with Crippen LogP contribution in [0.1, 0.15) is 52.4 Å². The van der Waals surface area contributed by atoms with E-state index in [1.807, 2.05) is 0 Å². The average Bonchev–Trinajstić information content (AvgIpc) is 2.41. The molecule has 4 nitrogen and oxygen atoms in total. The van der Waals surface area contributed by atoms with E-state index in [0.29, 0.717) is 24.8 Å². The molecule has 21 heavy (non-hydrogen) atoms. The maximum Gasteiger partial charge on any atom is 0.309 e. The van der Waals surface area contributed by atoms with Gasteiger partial charge in [-0.15, -0.1) is 0 Å². The molecular formula is C17H22O4. The van der Waals surface area contributed by atoms with Crippen molar-refractivity contribution in [3.05, 3.63) is 11.6 Å². The van der Waals surface area contributed by atoms with Crippen LogP contribution in [0.2, 0.25) is 0 Å². The van der Waals surface area contributed by atoms with E-state index < -0.39 is 11.4 Å². The molecule has 0 bridgehead atoms. The van der Waals surface area contributed by atoms with Gasteiger partial charge in [-0.2, -0.15) is 0 Å². The summed E-state index contributed by atoms with van der Waals surface area (Å²) in [5.74, 6) is -0.830. The number of carboxylic acids is 1. The van der Waals surface area contributed by atoms with Crippen LogP contribution in [0.25, 0.3) is 0 Å². The van der Waals surface area contributed by atoms with Crippen molar-refractivity contribution in [3.63, 3.8) is 0 Å². The zero-order valence-corrected chi connectivity index (χ0v) is 12.6. The van der Waals surface area contributed by atoms with Gasteiger partial charge in [0, 0.05) is 18.4 Å². The molecule has 1 N–H and O–H groups in total. The first-order valence-corrected chi connectivity index (χ1v) is 7.80. The molecule has 0 unspecified atom stereocenters. The molecule has 114 valence electrons. The molecule has 0 spiro atoms. The maximum atomic E-state index is 12.5. The number of rotatable bonds is 1. The summed E-state index contributed by atoms with van der Waals surface area (Å²) in [7, 11) is 0. The third-order valence-corrected chi connectivity index (χ3v) is 6.34. The van der Waals surface area contributed by atoms with E-state index in [2.05, 4.69) is 6.92 Å². The summed E-state index contributed by atoms with van der Waals surface area (Å²) in [6, 6.07) is 0. The van der Waals surface area contributed by atoms with Crippen molar-refractivity contribution in [2.24, 2.45) is 22.7 Å². The Labute approximate surface area is 124 Å². The Balaban J connectivity index is 2.08. The second-order valence-corrected chi connectivity index (χ2v) is 7.42. The molecule has 0 heterocycles. The van der Waals surface area contributed by atoms with Crippen molar-refractivity contribution in [2.45, 2.75) is 52.4 Å². The number of ketones is 2.